The maximum absolute atomic E-state index is 13.6. The Morgan fingerprint density at radius 3 is 2.50 bits per heavy atom. The van der Waals surface area contributed by atoms with Crippen molar-refractivity contribution in [2.24, 2.45) is 11.8 Å². The van der Waals surface area contributed by atoms with Gasteiger partial charge in [0, 0.05) is 50.4 Å². The predicted octanol–water partition coefficient (Wildman–Crippen LogP) is 3.19. The molecule has 0 aromatic carbocycles. The summed E-state index contributed by atoms with van der Waals surface area (Å²) in [7, 11) is 2.97. The van der Waals surface area contributed by atoms with E-state index in [9.17, 15) is 24.3 Å². The van der Waals surface area contributed by atoms with Crippen LogP contribution in [0, 0.1) is 11.8 Å². The van der Waals surface area contributed by atoms with Crippen molar-refractivity contribution >= 4 is 23.6 Å². The molecular formula is C33H47N3O8. The number of carbonyl (C=O) groups is 4. The Morgan fingerprint density at radius 2 is 1.89 bits per heavy atom. The molecule has 1 aliphatic heterocycles. The number of aliphatic hydroxyl groups excluding tert-OH is 1. The summed E-state index contributed by atoms with van der Waals surface area (Å²) < 4.78 is 17.1. The molecule has 2 rings (SSSR count). The third-order valence-corrected chi connectivity index (χ3v) is 7.53. The minimum atomic E-state index is -0.947. The summed E-state index contributed by atoms with van der Waals surface area (Å²) in [5.41, 5.74) is 1.18. The van der Waals surface area contributed by atoms with Gasteiger partial charge in [-0.3, -0.25) is 14.4 Å². The highest BCUT2D eigenvalue weighted by Gasteiger charge is 2.33. The summed E-state index contributed by atoms with van der Waals surface area (Å²) in [5.74, 6) is -2.09. The zero-order valence-corrected chi connectivity index (χ0v) is 26.8. The number of ether oxygens (including phenoxy) is 3. The van der Waals surface area contributed by atoms with Gasteiger partial charge in [-0.2, -0.15) is 0 Å². The van der Waals surface area contributed by atoms with E-state index in [2.05, 4.69) is 22.5 Å². The molecule has 4 N–H and O–H groups in total. The molecule has 11 heteroatoms. The van der Waals surface area contributed by atoms with E-state index < -0.39 is 53.9 Å². The van der Waals surface area contributed by atoms with Crippen LogP contribution in [0.4, 0.5) is 4.79 Å². The van der Waals surface area contributed by atoms with Crippen LogP contribution in [0.3, 0.4) is 0 Å². The SMILES string of the molecule is C=CCNC1=C2C[C@@H](C)C[C@H](OC)[C@H](O)[C@@H](C)/C=C(\C)[C@H](OC(=O)NCC)[C@@H](OC)/C=C\C=C(/C)C(=O)NC(=CC1=O)C2=O. The first-order chi connectivity index (χ1) is 20.9. The van der Waals surface area contributed by atoms with E-state index in [0.29, 0.717) is 18.5 Å². The molecule has 1 aliphatic carbocycles. The fourth-order valence-corrected chi connectivity index (χ4v) is 5.13. The molecule has 0 spiro atoms. The van der Waals surface area contributed by atoms with Crippen molar-refractivity contribution in [1.82, 2.24) is 16.0 Å². The lowest BCUT2D eigenvalue weighted by Crippen LogP contribution is -2.38. The van der Waals surface area contributed by atoms with E-state index in [1.807, 2.05) is 19.9 Å². The molecule has 242 valence electrons. The fourth-order valence-electron chi connectivity index (χ4n) is 5.13. The highest BCUT2D eigenvalue weighted by atomic mass is 16.6. The van der Waals surface area contributed by atoms with E-state index in [1.165, 1.54) is 20.3 Å². The number of allylic oxidation sites excluding steroid dienone is 4. The molecule has 11 nitrogen and oxygen atoms in total. The minimum Gasteiger partial charge on any atom is -0.439 e. The minimum absolute atomic E-state index is 0.122. The maximum Gasteiger partial charge on any atom is 0.407 e. The number of Topliss-reactive ketones (excluding diaryl/α,β-unsaturated/α-hetero) is 1. The highest BCUT2D eigenvalue weighted by molar-refractivity contribution is 6.23. The molecule has 6 atom stereocenters. The van der Waals surface area contributed by atoms with Gasteiger partial charge in [-0.15, -0.1) is 6.58 Å². The number of fused-ring (bicyclic) bond motifs is 2. The van der Waals surface area contributed by atoms with Gasteiger partial charge in [0.05, 0.1) is 23.6 Å². The normalized spacial score (nSPS) is 30.6. The zero-order valence-electron chi connectivity index (χ0n) is 26.8. The second-order valence-corrected chi connectivity index (χ2v) is 11.1. The molecule has 0 aromatic rings. The summed E-state index contributed by atoms with van der Waals surface area (Å²) in [5, 5.41) is 19.5. The quantitative estimate of drug-likeness (QED) is 0.251. The lowest BCUT2D eigenvalue weighted by molar-refractivity contribution is -0.120. The van der Waals surface area contributed by atoms with Crippen molar-refractivity contribution in [3.05, 3.63) is 71.1 Å². The Balaban J connectivity index is 2.62. The van der Waals surface area contributed by atoms with Crippen LogP contribution in [0.25, 0.3) is 0 Å². The van der Waals surface area contributed by atoms with Crippen LogP contribution in [-0.4, -0.2) is 80.4 Å². The first kappa shape index (κ1) is 36.4. The van der Waals surface area contributed by atoms with Gasteiger partial charge in [-0.1, -0.05) is 44.2 Å². The largest absolute Gasteiger partial charge is 0.439 e. The average Bonchev–Trinajstić information content (AvgIpc) is 2.98. The lowest BCUT2D eigenvalue weighted by atomic mass is 9.85. The van der Waals surface area contributed by atoms with Gasteiger partial charge in [0.1, 0.15) is 6.10 Å². The number of amides is 2. The molecule has 2 aliphatic rings. The van der Waals surface area contributed by atoms with Gasteiger partial charge in [-0.05, 0) is 45.1 Å². The lowest BCUT2D eigenvalue weighted by Gasteiger charge is -2.30. The number of methoxy groups -OCH3 is 2. The monoisotopic (exact) mass is 613 g/mol. The van der Waals surface area contributed by atoms with E-state index in [0.717, 1.165) is 6.08 Å². The zero-order chi connectivity index (χ0) is 33.0. The highest BCUT2D eigenvalue weighted by Crippen LogP contribution is 2.28. The Labute approximate surface area is 260 Å². The van der Waals surface area contributed by atoms with E-state index in [4.69, 9.17) is 14.2 Å². The maximum atomic E-state index is 13.6. The molecule has 0 radical (unpaired) electrons. The third-order valence-electron chi connectivity index (χ3n) is 7.53. The van der Waals surface area contributed by atoms with Gasteiger partial charge in [-0.25, -0.2) is 4.79 Å². The Hall–Kier alpha value is -3.80. The number of nitrogens with one attached hydrogen (secondary N) is 3. The number of carbonyl (C=O) groups excluding carboxylic acids is 4. The molecule has 0 aromatic heterocycles. The van der Waals surface area contributed by atoms with Gasteiger partial charge in [0.15, 0.2) is 6.10 Å². The molecule has 1 heterocycles. The van der Waals surface area contributed by atoms with Crippen molar-refractivity contribution in [2.45, 2.75) is 71.9 Å². The topological polar surface area (TPSA) is 152 Å². The van der Waals surface area contributed by atoms with Crippen LogP contribution < -0.4 is 16.0 Å². The van der Waals surface area contributed by atoms with Crippen molar-refractivity contribution in [1.29, 1.82) is 0 Å². The van der Waals surface area contributed by atoms with Crippen LogP contribution in [0.15, 0.2) is 71.1 Å². The molecule has 44 heavy (non-hydrogen) atoms. The summed E-state index contributed by atoms with van der Waals surface area (Å²) in [4.78, 5) is 52.2. The van der Waals surface area contributed by atoms with E-state index >= 15 is 0 Å². The fraction of sp³-hybridized carbons (Fsp3) is 0.515. The molecule has 0 fully saturated rings. The average molecular weight is 614 g/mol. The van der Waals surface area contributed by atoms with Crippen molar-refractivity contribution in [3.63, 3.8) is 0 Å². The van der Waals surface area contributed by atoms with Gasteiger partial charge >= 0.3 is 6.09 Å². The summed E-state index contributed by atoms with van der Waals surface area (Å²) in [6, 6.07) is 0. The van der Waals surface area contributed by atoms with Gasteiger partial charge in [0.2, 0.25) is 11.6 Å². The number of ketones is 2. The van der Waals surface area contributed by atoms with Crippen molar-refractivity contribution in [3.8, 4) is 0 Å². The molecular weight excluding hydrogens is 566 g/mol. The van der Waals surface area contributed by atoms with Crippen LogP contribution in [-0.2, 0) is 28.6 Å². The van der Waals surface area contributed by atoms with E-state index in [-0.39, 0.29) is 41.4 Å². The van der Waals surface area contributed by atoms with Crippen molar-refractivity contribution < 1.29 is 38.5 Å². The second kappa shape index (κ2) is 17.5. The summed E-state index contributed by atoms with van der Waals surface area (Å²) >= 11 is 0. The van der Waals surface area contributed by atoms with E-state index in [1.54, 1.807) is 39.0 Å². The Kier molecular flexibility index (Phi) is 14.5. The molecule has 0 saturated carbocycles. The molecule has 0 saturated heterocycles. The first-order valence-corrected chi connectivity index (χ1v) is 14.8. The molecule has 2 amide bonds. The molecule has 0 unspecified atom stereocenters. The number of rotatable bonds is 7. The predicted molar refractivity (Wildman–Crippen MR) is 167 cm³/mol. The van der Waals surface area contributed by atoms with Gasteiger partial charge in [0.25, 0.3) is 5.91 Å². The Bertz CT molecular complexity index is 1250. The van der Waals surface area contributed by atoms with Gasteiger partial charge < -0.3 is 35.3 Å². The molecule has 2 bridgehead atoms. The van der Waals surface area contributed by atoms with Crippen LogP contribution in [0.5, 0.6) is 0 Å². The number of hydrogen-bond donors (Lipinski definition) is 4. The number of alkyl carbamates (subject to hydrolysis) is 1. The van der Waals surface area contributed by atoms with Crippen LogP contribution in [0.2, 0.25) is 0 Å². The Morgan fingerprint density at radius 1 is 1.18 bits per heavy atom. The smallest absolute Gasteiger partial charge is 0.407 e. The van der Waals surface area contributed by atoms with Crippen molar-refractivity contribution in [2.75, 3.05) is 27.3 Å². The summed E-state index contributed by atoms with van der Waals surface area (Å²) in [6.07, 6.45) is 6.05. The van der Waals surface area contributed by atoms with Crippen LogP contribution in [0.1, 0.15) is 47.5 Å². The van der Waals surface area contributed by atoms with Crippen LogP contribution >= 0.6 is 0 Å². The third kappa shape index (κ3) is 9.87. The number of aliphatic hydroxyl groups is 1. The summed E-state index contributed by atoms with van der Waals surface area (Å²) in [6.45, 7) is 13.2. The second-order valence-electron chi connectivity index (χ2n) is 11.1. The number of hydrogen-bond acceptors (Lipinski definition) is 9. The standard InChI is InChI=1S/C33H47N3O8/c1-9-14-35-28-23-15-19(3)16-27(43-8)29(38)21(5)17-22(6)31(44-33(41)34-10-2)26(42-7)13-11-12-20(4)32(40)36-24(30(23)39)18-25(28)37/h9,11-13,17-19,21,26-27,29,31,35,38H,1,10,14-16H2,2-8H3,(H,34,41)(H,36,40)/b13-11-,20-12+,22-17+/t19-,21+,26+,27+,29-,31+/m1/s1. The first-order valence-electron chi connectivity index (χ1n) is 14.8.